The van der Waals surface area contributed by atoms with Gasteiger partial charge in [0.1, 0.15) is 6.04 Å². The summed E-state index contributed by atoms with van der Waals surface area (Å²) in [6.07, 6.45) is 0.245. The van der Waals surface area contributed by atoms with Crippen LogP contribution in [0.1, 0.15) is 33.1 Å². The van der Waals surface area contributed by atoms with Gasteiger partial charge in [0.25, 0.3) is 0 Å². The number of rotatable bonds is 7. The number of hydrogen-bond acceptors (Lipinski definition) is 3. The van der Waals surface area contributed by atoms with E-state index < -0.39 is 30.3 Å². The zero-order valence-corrected chi connectivity index (χ0v) is 9.40. The van der Waals surface area contributed by atoms with Crippen LogP contribution in [0.4, 0.5) is 0 Å². The van der Waals surface area contributed by atoms with Crippen molar-refractivity contribution in [2.24, 2.45) is 5.92 Å². The fraction of sp³-hybridized carbons (Fsp3) is 0.700. The highest BCUT2D eigenvalue weighted by Crippen LogP contribution is 2.03. The van der Waals surface area contributed by atoms with Crippen LogP contribution in [-0.2, 0) is 14.4 Å². The zero-order chi connectivity index (χ0) is 12.7. The van der Waals surface area contributed by atoms with E-state index in [0.717, 1.165) is 0 Å². The fourth-order valence-corrected chi connectivity index (χ4v) is 1.06. The van der Waals surface area contributed by atoms with Crippen LogP contribution in [-0.4, -0.2) is 34.1 Å². The number of carboxylic acids is 2. The van der Waals surface area contributed by atoms with E-state index in [1.165, 1.54) is 0 Å². The average molecular weight is 231 g/mol. The van der Waals surface area contributed by atoms with Gasteiger partial charge in [0, 0.05) is 6.42 Å². The Morgan fingerprint density at radius 1 is 1.19 bits per heavy atom. The summed E-state index contributed by atoms with van der Waals surface area (Å²) in [6, 6.07) is -1.35. The third kappa shape index (κ3) is 6.80. The van der Waals surface area contributed by atoms with Crippen molar-refractivity contribution in [3.8, 4) is 0 Å². The van der Waals surface area contributed by atoms with Gasteiger partial charge in [-0.3, -0.25) is 9.59 Å². The monoisotopic (exact) mass is 231 g/mol. The molecule has 92 valence electrons. The molecular weight excluding hydrogens is 214 g/mol. The molecule has 0 radical (unpaired) electrons. The van der Waals surface area contributed by atoms with Crippen LogP contribution in [0.25, 0.3) is 0 Å². The Kier molecular flexibility index (Phi) is 6.14. The van der Waals surface area contributed by atoms with Crippen molar-refractivity contribution in [3.05, 3.63) is 0 Å². The third-order valence-electron chi connectivity index (χ3n) is 1.96. The van der Waals surface area contributed by atoms with Crippen LogP contribution in [0.3, 0.4) is 0 Å². The summed E-state index contributed by atoms with van der Waals surface area (Å²) in [5, 5.41) is 19.3. The van der Waals surface area contributed by atoms with Gasteiger partial charge in [-0.1, -0.05) is 13.8 Å². The highest BCUT2D eigenvalue weighted by atomic mass is 16.4. The average Bonchev–Trinajstić information content (AvgIpc) is 2.12. The van der Waals surface area contributed by atoms with E-state index >= 15 is 0 Å². The molecule has 3 N–H and O–H groups in total. The van der Waals surface area contributed by atoms with Crippen molar-refractivity contribution >= 4 is 17.8 Å². The summed E-state index contributed by atoms with van der Waals surface area (Å²) in [6.45, 7) is 3.89. The van der Waals surface area contributed by atoms with Gasteiger partial charge in [0.05, 0.1) is 6.42 Å². The molecule has 0 fully saturated rings. The molecule has 0 bridgehead atoms. The Morgan fingerprint density at radius 2 is 1.75 bits per heavy atom. The minimum atomic E-state index is -1.35. The lowest BCUT2D eigenvalue weighted by Gasteiger charge is -2.12. The van der Waals surface area contributed by atoms with E-state index in [-0.39, 0.29) is 6.42 Å². The second-order valence-corrected chi connectivity index (χ2v) is 3.99. The summed E-state index contributed by atoms with van der Waals surface area (Å²) >= 11 is 0. The highest BCUT2D eigenvalue weighted by molar-refractivity contribution is 5.86. The first-order valence-electron chi connectivity index (χ1n) is 5.07. The van der Waals surface area contributed by atoms with Gasteiger partial charge in [-0.15, -0.1) is 0 Å². The quantitative estimate of drug-likeness (QED) is 0.590. The number of carbonyl (C=O) groups excluding carboxylic acids is 1. The van der Waals surface area contributed by atoms with Crippen molar-refractivity contribution in [1.29, 1.82) is 0 Å². The normalized spacial score (nSPS) is 12.2. The number of carboxylic acid groups (broad SMARTS) is 2. The first-order chi connectivity index (χ1) is 7.32. The minimum Gasteiger partial charge on any atom is -0.481 e. The van der Waals surface area contributed by atoms with E-state index in [1.807, 2.05) is 13.8 Å². The number of nitrogens with one attached hydrogen (secondary N) is 1. The van der Waals surface area contributed by atoms with Gasteiger partial charge in [0.15, 0.2) is 0 Å². The lowest BCUT2D eigenvalue weighted by Crippen LogP contribution is -2.42. The summed E-state index contributed by atoms with van der Waals surface area (Å²) in [5.74, 6) is -2.67. The second-order valence-electron chi connectivity index (χ2n) is 3.99. The Balaban J connectivity index is 4.13. The van der Waals surface area contributed by atoms with Crippen LogP contribution in [0.5, 0.6) is 0 Å². The summed E-state index contributed by atoms with van der Waals surface area (Å²) in [4.78, 5) is 32.3. The molecule has 0 aliphatic heterocycles. The molecule has 0 unspecified atom stereocenters. The molecule has 0 spiro atoms. The van der Waals surface area contributed by atoms with Crippen molar-refractivity contribution in [3.63, 3.8) is 0 Å². The van der Waals surface area contributed by atoms with Gasteiger partial charge < -0.3 is 15.5 Å². The van der Waals surface area contributed by atoms with E-state index in [2.05, 4.69) is 5.32 Å². The molecule has 16 heavy (non-hydrogen) atoms. The van der Waals surface area contributed by atoms with Crippen LogP contribution in [0.2, 0.25) is 0 Å². The van der Waals surface area contributed by atoms with E-state index in [9.17, 15) is 14.4 Å². The molecule has 0 saturated carbocycles. The maximum atomic E-state index is 11.3. The summed E-state index contributed by atoms with van der Waals surface area (Å²) in [5.41, 5.74) is 0. The topological polar surface area (TPSA) is 104 Å². The van der Waals surface area contributed by atoms with E-state index in [0.29, 0.717) is 12.3 Å². The Morgan fingerprint density at radius 3 is 2.12 bits per heavy atom. The predicted molar refractivity (Wildman–Crippen MR) is 55.9 cm³/mol. The van der Waals surface area contributed by atoms with Crippen molar-refractivity contribution < 1.29 is 24.6 Å². The molecule has 0 aliphatic carbocycles. The molecule has 1 atom stereocenters. The molecule has 0 aromatic rings. The predicted octanol–water partition coefficient (Wildman–Crippen LogP) is 0.467. The lowest BCUT2D eigenvalue weighted by atomic mass is 10.1. The molecule has 0 aromatic carbocycles. The third-order valence-corrected chi connectivity index (χ3v) is 1.96. The highest BCUT2D eigenvalue weighted by Gasteiger charge is 2.22. The Bertz CT molecular complexity index is 274. The first kappa shape index (κ1) is 14.4. The fourth-order valence-electron chi connectivity index (χ4n) is 1.06. The molecular formula is C10H17NO5. The van der Waals surface area contributed by atoms with Crippen LogP contribution in [0.15, 0.2) is 0 Å². The molecule has 0 aromatic heterocycles. The summed E-state index contributed by atoms with van der Waals surface area (Å²) < 4.78 is 0. The molecule has 0 heterocycles. The summed E-state index contributed by atoms with van der Waals surface area (Å²) in [7, 11) is 0. The number of aliphatic carboxylic acids is 2. The Hall–Kier alpha value is -1.59. The van der Waals surface area contributed by atoms with Gasteiger partial charge in [-0.25, -0.2) is 4.79 Å². The van der Waals surface area contributed by atoms with Crippen LogP contribution in [0, 0.1) is 5.92 Å². The Labute approximate surface area is 93.6 Å². The standard InChI is InChI=1S/C10H17NO5/c1-6(2)3-4-8(12)11-7(10(15)16)5-9(13)14/h6-7H,3-5H2,1-2H3,(H,11,12)(H,13,14)(H,15,16)/t7-/m1/s1. The van der Waals surface area contributed by atoms with Crippen molar-refractivity contribution in [2.45, 2.75) is 39.2 Å². The van der Waals surface area contributed by atoms with Crippen LogP contribution < -0.4 is 5.32 Å². The van der Waals surface area contributed by atoms with Crippen LogP contribution >= 0.6 is 0 Å². The number of carbonyl (C=O) groups is 3. The molecule has 6 heteroatoms. The number of hydrogen-bond donors (Lipinski definition) is 3. The van der Waals surface area contributed by atoms with Gasteiger partial charge in [-0.05, 0) is 12.3 Å². The van der Waals surface area contributed by atoms with Gasteiger partial charge in [-0.2, -0.15) is 0 Å². The van der Waals surface area contributed by atoms with E-state index in [1.54, 1.807) is 0 Å². The second kappa shape index (κ2) is 6.81. The lowest BCUT2D eigenvalue weighted by molar-refractivity contribution is -0.147. The van der Waals surface area contributed by atoms with E-state index in [4.69, 9.17) is 10.2 Å². The molecule has 0 rings (SSSR count). The molecule has 6 nitrogen and oxygen atoms in total. The van der Waals surface area contributed by atoms with Crippen molar-refractivity contribution in [2.75, 3.05) is 0 Å². The van der Waals surface area contributed by atoms with Crippen molar-refractivity contribution in [1.82, 2.24) is 5.32 Å². The van der Waals surface area contributed by atoms with Gasteiger partial charge >= 0.3 is 11.9 Å². The SMILES string of the molecule is CC(C)CCC(=O)N[C@H](CC(=O)O)C(=O)O. The maximum Gasteiger partial charge on any atom is 0.326 e. The smallest absolute Gasteiger partial charge is 0.326 e. The number of amides is 1. The maximum absolute atomic E-state index is 11.3. The zero-order valence-electron chi connectivity index (χ0n) is 9.40. The molecule has 1 amide bonds. The minimum absolute atomic E-state index is 0.209. The first-order valence-corrected chi connectivity index (χ1v) is 5.07. The van der Waals surface area contributed by atoms with Gasteiger partial charge in [0.2, 0.25) is 5.91 Å². The largest absolute Gasteiger partial charge is 0.481 e. The molecule has 0 saturated heterocycles. The molecule has 0 aliphatic rings.